The molecule has 0 amide bonds. The van der Waals surface area contributed by atoms with Gasteiger partial charge >= 0.3 is 5.97 Å². The Hall–Kier alpha value is -0.940. The van der Waals surface area contributed by atoms with E-state index in [-0.39, 0.29) is 5.69 Å². The van der Waals surface area contributed by atoms with Crippen LogP contribution in [0, 0.1) is 0 Å². The van der Waals surface area contributed by atoms with Crippen molar-refractivity contribution in [3.63, 3.8) is 0 Å². The maximum atomic E-state index is 10.9. The van der Waals surface area contributed by atoms with E-state index in [0.717, 1.165) is 11.6 Å². The van der Waals surface area contributed by atoms with Gasteiger partial charge in [0.25, 0.3) is 0 Å². The highest BCUT2D eigenvalue weighted by Crippen LogP contribution is 2.26. The zero-order valence-electron chi connectivity index (χ0n) is 11.6. The predicted octanol–water partition coefficient (Wildman–Crippen LogP) is 3.21. The molecule has 1 saturated heterocycles. The Kier molecular flexibility index (Phi) is 4.93. The molecule has 0 aliphatic carbocycles. The number of hydrogen-bond donors (Lipinski definition) is 1. The second-order valence-electron chi connectivity index (χ2n) is 5.33. The highest BCUT2D eigenvalue weighted by atomic mass is 32.1. The molecule has 2 heterocycles. The number of nitrogens with zero attached hydrogens (tertiary/aromatic N) is 2. The summed E-state index contributed by atoms with van der Waals surface area (Å²) in [6.07, 6.45) is 5.11. The fourth-order valence-electron chi connectivity index (χ4n) is 2.80. The third-order valence-electron chi connectivity index (χ3n) is 3.89. The van der Waals surface area contributed by atoms with Gasteiger partial charge in [-0.15, -0.1) is 11.3 Å². The summed E-state index contributed by atoms with van der Waals surface area (Å²) in [6.45, 7) is 6.55. The van der Waals surface area contributed by atoms with Crippen LogP contribution in [0.25, 0.3) is 0 Å². The molecule has 1 fully saturated rings. The fourth-order valence-corrected chi connectivity index (χ4v) is 3.65. The Morgan fingerprint density at radius 1 is 1.63 bits per heavy atom. The largest absolute Gasteiger partial charge is 0.476 e. The predicted molar refractivity (Wildman–Crippen MR) is 77.0 cm³/mol. The van der Waals surface area contributed by atoms with Gasteiger partial charge in [0, 0.05) is 23.9 Å². The van der Waals surface area contributed by atoms with Crippen LogP contribution in [0.4, 0.5) is 0 Å². The van der Waals surface area contributed by atoms with Gasteiger partial charge in [0.2, 0.25) is 0 Å². The molecule has 2 unspecified atom stereocenters. The third-order valence-corrected chi connectivity index (χ3v) is 4.97. The monoisotopic (exact) mass is 282 g/mol. The smallest absolute Gasteiger partial charge is 0.355 e. The molecule has 0 aromatic carbocycles. The molecule has 0 bridgehead atoms. The molecule has 0 saturated carbocycles. The lowest BCUT2D eigenvalue weighted by molar-refractivity contribution is 0.0691. The van der Waals surface area contributed by atoms with Crippen LogP contribution in [-0.2, 0) is 0 Å². The average molecular weight is 282 g/mol. The minimum Gasteiger partial charge on any atom is -0.476 e. The summed E-state index contributed by atoms with van der Waals surface area (Å²) >= 11 is 1.46. The van der Waals surface area contributed by atoms with E-state index in [9.17, 15) is 4.79 Å². The molecule has 2 atom stereocenters. The van der Waals surface area contributed by atoms with Gasteiger partial charge in [0.15, 0.2) is 5.69 Å². The zero-order valence-corrected chi connectivity index (χ0v) is 12.4. The van der Waals surface area contributed by atoms with E-state index >= 15 is 0 Å². The van der Waals surface area contributed by atoms with Crippen molar-refractivity contribution in [2.45, 2.75) is 51.5 Å². The van der Waals surface area contributed by atoms with Crippen LogP contribution in [0.1, 0.15) is 60.9 Å². The van der Waals surface area contributed by atoms with Gasteiger partial charge in [-0.1, -0.05) is 20.3 Å². The van der Waals surface area contributed by atoms with E-state index in [1.165, 1.54) is 43.6 Å². The molecule has 1 aliphatic heterocycles. The van der Waals surface area contributed by atoms with Gasteiger partial charge in [-0.05, 0) is 25.8 Å². The summed E-state index contributed by atoms with van der Waals surface area (Å²) in [5.74, 6) is -0.621. The normalized spacial score (nSPS) is 22.3. The van der Waals surface area contributed by atoms with Crippen molar-refractivity contribution in [3.05, 3.63) is 16.1 Å². The van der Waals surface area contributed by atoms with E-state index in [4.69, 9.17) is 5.11 Å². The van der Waals surface area contributed by atoms with Crippen molar-refractivity contribution >= 4 is 17.3 Å². The molecule has 19 heavy (non-hydrogen) atoms. The molecule has 0 radical (unpaired) electrons. The molecule has 1 aliphatic rings. The van der Waals surface area contributed by atoms with E-state index in [2.05, 4.69) is 23.7 Å². The van der Waals surface area contributed by atoms with Crippen LogP contribution in [0.3, 0.4) is 0 Å². The van der Waals surface area contributed by atoms with Gasteiger partial charge in [-0.2, -0.15) is 0 Å². The van der Waals surface area contributed by atoms with Crippen LogP contribution in [0.15, 0.2) is 5.38 Å². The number of piperidine rings is 1. The van der Waals surface area contributed by atoms with Crippen LogP contribution < -0.4 is 0 Å². The number of thiazole rings is 1. The van der Waals surface area contributed by atoms with E-state index in [1.54, 1.807) is 5.38 Å². The Labute approximate surface area is 118 Å². The number of rotatable bonds is 5. The van der Waals surface area contributed by atoms with Crippen molar-refractivity contribution in [3.8, 4) is 0 Å². The number of likely N-dealkylation sites (tertiary alicyclic amines) is 1. The Morgan fingerprint density at radius 2 is 2.42 bits per heavy atom. The maximum Gasteiger partial charge on any atom is 0.355 e. The highest BCUT2D eigenvalue weighted by molar-refractivity contribution is 7.09. The number of hydrogen-bond acceptors (Lipinski definition) is 4. The summed E-state index contributed by atoms with van der Waals surface area (Å²) in [5.41, 5.74) is 0.178. The lowest BCUT2D eigenvalue weighted by Gasteiger charge is -2.36. The summed E-state index contributed by atoms with van der Waals surface area (Å²) in [5, 5.41) is 11.5. The minimum atomic E-state index is -0.931. The molecule has 1 N–H and O–H groups in total. The summed E-state index contributed by atoms with van der Waals surface area (Å²) < 4.78 is 0. The topological polar surface area (TPSA) is 53.4 Å². The molecule has 0 spiro atoms. The Bertz CT molecular complexity index is 433. The second-order valence-corrected chi connectivity index (χ2v) is 6.22. The van der Waals surface area contributed by atoms with Gasteiger partial charge in [-0.25, -0.2) is 9.78 Å². The quantitative estimate of drug-likeness (QED) is 0.901. The SMILES string of the molecule is CCC1CCCCN1CC(C)c1nc(C(=O)O)cs1. The van der Waals surface area contributed by atoms with Gasteiger partial charge < -0.3 is 5.11 Å². The number of aromatic nitrogens is 1. The lowest BCUT2D eigenvalue weighted by Crippen LogP contribution is -2.41. The molecular weight excluding hydrogens is 260 g/mol. The lowest BCUT2D eigenvalue weighted by atomic mass is 9.98. The highest BCUT2D eigenvalue weighted by Gasteiger charge is 2.24. The van der Waals surface area contributed by atoms with Crippen molar-refractivity contribution in [2.75, 3.05) is 13.1 Å². The standard InChI is InChI=1S/C14H22N2O2S/c1-3-11-6-4-5-7-16(11)8-10(2)13-15-12(9-19-13)14(17)18/h9-11H,3-8H2,1-2H3,(H,17,18). The van der Waals surface area contributed by atoms with E-state index < -0.39 is 5.97 Å². The summed E-state index contributed by atoms with van der Waals surface area (Å²) in [6, 6.07) is 0.690. The minimum absolute atomic E-state index is 0.178. The zero-order chi connectivity index (χ0) is 13.8. The van der Waals surface area contributed by atoms with Crippen molar-refractivity contribution in [1.29, 1.82) is 0 Å². The Balaban J connectivity index is 1.98. The van der Waals surface area contributed by atoms with Crippen LogP contribution >= 0.6 is 11.3 Å². The van der Waals surface area contributed by atoms with Gasteiger partial charge in [0.05, 0.1) is 5.01 Å². The van der Waals surface area contributed by atoms with Crippen LogP contribution in [0.5, 0.6) is 0 Å². The van der Waals surface area contributed by atoms with Crippen molar-refractivity contribution in [1.82, 2.24) is 9.88 Å². The number of aromatic carboxylic acids is 1. The summed E-state index contributed by atoms with van der Waals surface area (Å²) in [4.78, 5) is 17.6. The molecule has 4 nitrogen and oxygen atoms in total. The molecule has 106 valence electrons. The van der Waals surface area contributed by atoms with Crippen LogP contribution in [0.2, 0.25) is 0 Å². The maximum absolute atomic E-state index is 10.9. The number of carboxylic acid groups (broad SMARTS) is 1. The number of carbonyl (C=O) groups is 1. The molecule has 5 heteroatoms. The van der Waals surface area contributed by atoms with Gasteiger partial charge in [-0.3, -0.25) is 4.90 Å². The van der Waals surface area contributed by atoms with Crippen LogP contribution in [-0.4, -0.2) is 40.1 Å². The van der Waals surface area contributed by atoms with Crippen molar-refractivity contribution < 1.29 is 9.90 Å². The third kappa shape index (κ3) is 3.54. The summed E-state index contributed by atoms with van der Waals surface area (Å²) in [7, 11) is 0. The first-order chi connectivity index (χ1) is 9.11. The first kappa shape index (κ1) is 14.5. The first-order valence-corrected chi connectivity index (χ1v) is 7.92. The van der Waals surface area contributed by atoms with Crippen molar-refractivity contribution in [2.24, 2.45) is 0 Å². The first-order valence-electron chi connectivity index (χ1n) is 7.04. The van der Waals surface area contributed by atoms with E-state index in [1.807, 2.05) is 0 Å². The molecule has 1 aromatic heterocycles. The molecule has 1 aromatic rings. The van der Waals surface area contributed by atoms with Gasteiger partial charge in [0.1, 0.15) is 0 Å². The van der Waals surface area contributed by atoms with E-state index in [0.29, 0.717) is 12.0 Å². The molecular formula is C14H22N2O2S. The molecule has 2 rings (SSSR count). The second kappa shape index (κ2) is 6.48. The average Bonchev–Trinajstić information content (AvgIpc) is 2.89. The fraction of sp³-hybridized carbons (Fsp3) is 0.714. The Morgan fingerprint density at radius 3 is 3.05 bits per heavy atom. The number of carboxylic acids is 1.